The molecular formula is C13H24N2O3. The van der Waals surface area contributed by atoms with Crippen LogP contribution in [-0.4, -0.2) is 29.6 Å². The summed E-state index contributed by atoms with van der Waals surface area (Å²) in [6, 6.07) is -0.524. The molecule has 1 rings (SSSR count). The summed E-state index contributed by atoms with van der Waals surface area (Å²) in [6.07, 6.45) is 5.69. The molecule has 5 nitrogen and oxygen atoms in total. The van der Waals surface area contributed by atoms with Crippen LogP contribution in [-0.2, 0) is 9.59 Å². The molecule has 1 aliphatic rings. The molecule has 0 saturated heterocycles. The predicted octanol–water partition coefficient (Wildman–Crippen LogP) is 1.27. The Hall–Kier alpha value is -1.10. The summed E-state index contributed by atoms with van der Waals surface area (Å²) in [5, 5.41) is 12.1. The van der Waals surface area contributed by atoms with Crippen molar-refractivity contribution in [3.05, 3.63) is 0 Å². The number of nitrogens with one attached hydrogen (secondary N) is 1. The van der Waals surface area contributed by atoms with Gasteiger partial charge in [-0.05, 0) is 19.3 Å². The molecule has 0 radical (unpaired) electrons. The van der Waals surface area contributed by atoms with Gasteiger partial charge in [-0.3, -0.25) is 9.59 Å². The third kappa shape index (κ3) is 3.70. The van der Waals surface area contributed by atoms with Gasteiger partial charge in [0.05, 0.1) is 11.5 Å². The molecule has 1 fully saturated rings. The van der Waals surface area contributed by atoms with Crippen molar-refractivity contribution in [2.75, 3.05) is 6.54 Å². The Balaban J connectivity index is 2.52. The van der Waals surface area contributed by atoms with Crippen molar-refractivity contribution >= 4 is 11.9 Å². The average molecular weight is 256 g/mol. The maximum absolute atomic E-state index is 11.7. The van der Waals surface area contributed by atoms with Gasteiger partial charge in [0.1, 0.15) is 0 Å². The van der Waals surface area contributed by atoms with Crippen molar-refractivity contribution in [2.45, 2.75) is 57.9 Å². The highest BCUT2D eigenvalue weighted by Gasteiger charge is 2.39. The first-order valence-corrected chi connectivity index (χ1v) is 6.78. The minimum Gasteiger partial charge on any atom is -0.481 e. The monoisotopic (exact) mass is 256 g/mol. The normalized spacial score (nSPS) is 20.1. The Bertz CT molecular complexity index is 299. The number of aliphatic carboxylic acids is 1. The van der Waals surface area contributed by atoms with Crippen molar-refractivity contribution in [3.63, 3.8) is 0 Å². The lowest BCUT2D eigenvalue weighted by Crippen LogP contribution is -2.48. The number of amides is 1. The van der Waals surface area contributed by atoms with Crippen molar-refractivity contribution in [2.24, 2.45) is 11.1 Å². The Morgan fingerprint density at radius 1 is 1.33 bits per heavy atom. The molecule has 1 saturated carbocycles. The van der Waals surface area contributed by atoms with E-state index in [0.717, 1.165) is 25.7 Å². The van der Waals surface area contributed by atoms with E-state index in [0.29, 0.717) is 19.3 Å². The first-order chi connectivity index (χ1) is 8.52. The van der Waals surface area contributed by atoms with Crippen molar-refractivity contribution in [1.82, 2.24) is 5.32 Å². The van der Waals surface area contributed by atoms with Crippen LogP contribution >= 0.6 is 0 Å². The maximum atomic E-state index is 11.7. The fraction of sp³-hybridized carbons (Fsp3) is 0.846. The lowest BCUT2D eigenvalue weighted by atomic mass is 9.74. The van der Waals surface area contributed by atoms with Crippen molar-refractivity contribution in [3.8, 4) is 0 Å². The molecule has 1 amide bonds. The summed E-state index contributed by atoms with van der Waals surface area (Å²) < 4.78 is 0. The molecule has 0 spiro atoms. The van der Waals surface area contributed by atoms with E-state index in [1.54, 1.807) is 0 Å². The average Bonchev–Trinajstić information content (AvgIpc) is 2.37. The number of carbonyl (C=O) groups excluding carboxylic acids is 1. The van der Waals surface area contributed by atoms with E-state index in [-0.39, 0.29) is 12.5 Å². The van der Waals surface area contributed by atoms with Crippen LogP contribution in [0.2, 0.25) is 0 Å². The topological polar surface area (TPSA) is 92.4 Å². The number of hydrogen-bond donors (Lipinski definition) is 3. The number of carbonyl (C=O) groups is 2. The zero-order chi connectivity index (χ0) is 13.6. The van der Waals surface area contributed by atoms with Crippen LogP contribution in [0.3, 0.4) is 0 Å². The highest BCUT2D eigenvalue weighted by atomic mass is 16.4. The lowest BCUT2D eigenvalue weighted by Gasteiger charge is -2.33. The van der Waals surface area contributed by atoms with E-state index in [2.05, 4.69) is 5.32 Å². The van der Waals surface area contributed by atoms with E-state index in [1.807, 2.05) is 6.92 Å². The van der Waals surface area contributed by atoms with E-state index in [9.17, 15) is 14.7 Å². The predicted molar refractivity (Wildman–Crippen MR) is 69.0 cm³/mol. The van der Waals surface area contributed by atoms with Gasteiger partial charge in [0.2, 0.25) is 5.91 Å². The van der Waals surface area contributed by atoms with Crippen molar-refractivity contribution in [1.29, 1.82) is 0 Å². The van der Waals surface area contributed by atoms with Gasteiger partial charge in [-0.1, -0.05) is 32.6 Å². The quantitative estimate of drug-likeness (QED) is 0.667. The maximum Gasteiger partial charge on any atom is 0.311 e. The minimum absolute atomic E-state index is 0.207. The zero-order valence-corrected chi connectivity index (χ0v) is 11.1. The van der Waals surface area contributed by atoms with Crippen LogP contribution in [0.15, 0.2) is 0 Å². The van der Waals surface area contributed by atoms with Gasteiger partial charge in [0.25, 0.3) is 0 Å². The van der Waals surface area contributed by atoms with E-state index >= 15 is 0 Å². The molecular weight excluding hydrogens is 232 g/mol. The zero-order valence-electron chi connectivity index (χ0n) is 11.1. The second kappa shape index (κ2) is 6.73. The number of nitrogens with two attached hydrogens (primary N) is 1. The smallest absolute Gasteiger partial charge is 0.311 e. The van der Waals surface area contributed by atoms with Gasteiger partial charge in [-0.25, -0.2) is 0 Å². The first kappa shape index (κ1) is 15.0. The number of rotatable bonds is 6. The van der Waals surface area contributed by atoms with E-state index in [1.165, 1.54) is 0 Å². The Labute approximate surface area is 108 Å². The molecule has 0 heterocycles. The molecule has 1 aliphatic carbocycles. The van der Waals surface area contributed by atoms with E-state index < -0.39 is 17.4 Å². The molecule has 0 aromatic rings. The summed E-state index contributed by atoms with van der Waals surface area (Å²) in [6.45, 7) is 2.17. The van der Waals surface area contributed by atoms with Gasteiger partial charge in [0, 0.05) is 6.54 Å². The molecule has 5 heteroatoms. The largest absolute Gasteiger partial charge is 0.481 e. The van der Waals surface area contributed by atoms with Gasteiger partial charge in [0.15, 0.2) is 0 Å². The standard InChI is InChI=1S/C13H24N2O3/c1-2-6-10(14)11(16)15-9-13(12(17)18)7-4-3-5-8-13/h10H,2-9,14H2,1H3,(H,15,16)(H,17,18)/t10-/m0/s1. The molecule has 0 bridgehead atoms. The van der Waals surface area contributed by atoms with Gasteiger partial charge in [-0.15, -0.1) is 0 Å². The fourth-order valence-electron chi connectivity index (χ4n) is 2.52. The third-order valence-corrected chi connectivity index (χ3v) is 3.80. The second-order valence-electron chi connectivity index (χ2n) is 5.26. The minimum atomic E-state index is -0.799. The van der Waals surface area contributed by atoms with Crippen LogP contribution in [0.25, 0.3) is 0 Å². The summed E-state index contributed by atoms with van der Waals surface area (Å²) in [4.78, 5) is 23.1. The Morgan fingerprint density at radius 3 is 2.44 bits per heavy atom. The summed E-state index contributed by atoms with van der Waals surface area (Å²) in [5.41, 5.74) is 4.93. The molecule has 104 valence electrons. The van der Waals surface area contributed by atoms with Crippen LogP contribution in [0.4, 0.5) is 0 Å². The molecule has 4 N–H and O–H groups in total. The van der Waals surface area contributed by atoms with Crippen LogP contribution in [0, 0.1) is 5.41 Å². The summed E-state index contributed by atoms with van der Waals surface area (Å²) in [7, 11) is 0. The molecule has 0 aliphatic heterocycles. The molecule has 1 atom stereocenters. The van der Waals surface area contributed by atoms with Crippen molar-refractivity contribution < 1.29 is 14.7 Å². The number of hydrogen-bond acceptors (Lipinski definition) is 3. The third-order valence-electron chi connectivity index (χ3n) is 3.80. The molecule has 18 heavy (non-hydrogen) atoms. The van der Waals surface area contributed by atoms with E-state index in [4.69, 9.17) is 5.73 Å². The van der Waals surface area contributed by atoms with Crippen LogP contribution in [0.1, 0.15) is 51.9 Å². The fourth-order valence-corrected chi connectivity index (χ4v) is 2.52. The Morgan fingerprint density at radius 2 is 1.94 bits per heavy atom. The second-order valence-corrected chi connectivity index (χ2v) is 5.26. The SMILES string of the molecule is CCC[C@H](N)C(=O)NCC1(C(=O)O)CCCCC1. The van der Waals surface area contributed by atoms with Crippen LogP contribution in [0.5, 0.6) is 0 Å². The Kier molecular flexibility index (Phi) is 5.59. The molecule has 0 aromatic heterocycles. The molecule has 0 aromatic carbocycles. The van der Waals surface area contributed by atoms with Gasteiger partial charge >= 0.3 is 5.97 Å². The highest BCUT2D eigenvalue weighted by Crippen LogP contribution is 2.35. The number of carboxylic acids is 1. The van der Waals surface area contributed by atoms with Gasteiger partial charge in [-0.2, -0.15) is 0 Å². The highest BCUT2D eigenvalue weighted by molar-refractivity contribution is 5.82. The lowest BCUT2D eigenvalue weighted by molar-refractivity contribution is -0.151. The van der Waals surface area contributed by atoms with Gasteiger partial charge < -0.3 is 16.2 Å². The molecule has 0 unspecified atom stereocenters. The summed E-state index contributed by atoms with van der Waals surface area (Å²) in [5.74, 6) is -1.03. The first-order valence-electron chi connectivity index (χ1n) is 6.78. The number of carboxylic acid groups (broad SMARTS) is 1. The summed E-state index contributed by atoms with van der Waals surface area (Å²) >= 11 is 0. The van der Waals surface area contributed by atoms with Crippen LogP contribution < -0.4 is 11.1 Å².